The molecule has 0 aliphatic heterocycles. The summed E-state index contributed by atoms with van der Waals surface area (Å²) in [5.74, 6) is 1.70. The van der Waals surface area contributed by atoms with Crippen LogP contribution in [0.15, 0.2) is 30.3 Å². The Morgan fingerprint density at radius 2 is 1.62 bits per heavy atom. The second-order valence-electron chi connectivity index (χ2n) is 7.47. The molecule has 2 fully saturated rings. The van der Waals surface area contributed by atoms with Crippen molar-refractivity contribution in [2.45, 2.75) is 76.2 Å². The highest BCUT2D eigenvalue weighted by atomic mass is 14.8. The molecule has 2 N–H and O–H groups in total. The second kappa shape index (κ2) is 6.96. The number of rotatable bonds is 4. The van der Waals surface area contributed by atoms with Crippen molar-refractivity contribution in [3.8, 4) is 0 Å². The zero-order chi connectivity index (χ0) is 14.5. The Kier molecular flexibility index (Phi) is 5.00. The summed E-state index contributed by atoms with van der Waals surface area (Å²) in [7, 11) is 0. The van der Waals surface area contributed by atoms with E-state index >= 15 is 0 Å². The second-order valence-corrected chi connectivity index (χ2v) is 7.47. The van der Waals surface area contributed by atoms with E-state index < -0.39 is 0 Å². The lowest BCUT2D eigenvalue weighted by molar-refractivity contribution is 0.0931. The van der Waals surface area contributed by atoms with Crippen LogP contribution >= 0.6 is 0 Å². The van der Waals surface area contributed by atoms with Crippen molar-refractivity contribution in [1.29, 1.82) is 0 Å². The van der Waals surface area contributed by atoms with Crippen LogP contribution in [-0.2, 0) is 6.42 Å². The summed E-state index contributed by atoms with van der Waals surface area (Å²) in [4.78, 5) is 0. The van der Waals surface area contributed by atoms with Gasteiger partial charge in [-0.2, -0.15) is 0 Å². The first-order valence-electron chi connectivity index (χ1n) is 9.11. The highest BCUT2D eigenvalue weighted by Crippen LogP contribution is 2.44. The summed E-state index contributed by atoms with van der Waals surface area (Å²) in [5, 5.41) is 0. The van der Waals surface area contributed by atoms with Crippen LogP contribution in [0.4, 0.5) is 0 Å². The minimum absolute atomic E-state index is 0.107. The fourth-order valence-corrected chi connectivity index (χ4v) is 4.87. The summed E-state index contributed by atoms with van der Waals surface area (Å²) < 4.78 is 0. The van der Waals surface area contributed by atoms with E-state index in [0.29, 0.717) is 0 Å². The van der Waals surface area contributed by atoms with Gasteiger partial charge in [0.15, 0.2) is 0 Å². The summed E-state index contributed by atoms with van der Waals surface area (Å²) in [5.41, 5.74) is 8.54. The Hall–Kier alpha value is -0.820. The van der Waals surface area contributed by atoms with Crippen LogP contribution in [0.25, 0.3) is 0 Å². The van der Waals surface area contributed by atoms with Crippen LogP contribution in [0.2, 0.25) is 0 Å². The van der Waals surface area contributed by atoms with Gasteiger partial charge in [0.2, 0.25) is 0 Å². The Labute approximate surface area is 130 Å². The molecule has 0 radical (unpaired) electrons. The molecule has 0 amide bonds. The Balaban J connectivity index is 1.66. The van der Waals surface area contributed by atoms with E-state index in [1.54, 1.807) is 0 Å². The van der Waals surface area contributed by atoms with E-state index in [1.807, 2.05) is 0 Å². The maximum absolute atomic E-state index is 6.98. The van der Waals surface area contributed by atoms with Crippen LogP contribution < -0.4 is 5.73 Å². The first kappa shape index (κ1) is 15.1. The predicted octanol–water partition coefficient (Wildman–Crippen LogP) is 5.09. The smallest absolute Gasteiger partial charge is 0.0188 e. The fourth-order valence-electron chi connectivity index (χ4n) is 4.87. The van der Waals surface area contributed by atoms with Crippen LogP contribution in [0.1, 0.15) is 69.8 Å². The Morgan fingerprint density at radius 1 is 0.905 bits per heavy atom. The average Bonchev–Trinajstić information content (AvgIpc) is 2.55. The molecule has 1 aromatic carbocycles. The third kappa shape index (κ3) is 3.69. The van der Waals surface area contributed by atoms with Crippen molar-refractivity contribution < 1.29 is 0 Å². The maximum atomic E-state index is 6.98. The number of benzene rings is 1. The number of hydrogen-bond acceptors (Lipinski definition) is 1. The van der Waals surface area contributed by atoms with Crippen molar-refractivity contribution in [1.82, 2.24) is 0 Å². The van der Waals surface area contributed by atoms with Crippen LogP contribution in [-0.4, -0.2) is 5.54 Å². The van der Waals surface area contributed by atoms with Crippen LogP contribution in [0.5, 0.6) is 0 Å². The zero-order valence-electron chi connectivity index (χ0n) is 13.4. The summed E-state index contributed by atoms with van der Waals surface area (Å²) in [6.45, 7) is 0. The molecule has 0 heterocycles. The van der Waals surface area contributed by atoms with Gasteiger partial charge in [-0.15, -0.1) is 0 Å². The topological polar surface area (TPSA) is 26.0 Å². The Bertz CT molecular complexity index is 421. The van der Waals surface area contributed by atoms with Gasteiger partial charge >= 0.3 is 0 Å². The van der Waals surface area contributed by atoms with Crippen molar-refractivity contribution in [2.75, 3.05) is 0 Å². The molecular weight excluding hydrogens is 254 g/mol. The first-order valence-corrected chi connectivity index (χ1v) is 9.11. The van der Waals surface area contributed by atoms with Crippen molar-refractivity contribution in [3.63, 3.8) is 0 Å². The Morgan fingerprint density at radius 3 is 2.38 bits per heavy atom. The van der Waals surface area contributed by atoms with Crippen molar-refractivity contribution >= 4 is 0 Å². The highest BCUT2D eigenvalue weighted by Gasteiger charge is 2.41. The maximum Gasteiger partial charge on any atom is 0.0188 e. The van der Waals surface area contributed by atoms with Crippen LogP contribution in [0, 0.1) is 11.8 Å². The molecule has 2 unspecified atom stereocenters. The van der Waals surface area contributed by atoms with E-state index in [0.717, 1.165) is 18.3 Å². The average molecular weight is 285 g/mol. The molecule has 2 aliphatic rings. The molecule has 1 nitrogen and oxygen atoms in total. The van der Waals surface area contributed by atoms with E-state index in [2.05, 4.69) is 30.3 Å². The van der Waals surface area contributed by atoms with Gasteiger partial charge in [0.05, 0.1) is 0 Å². The lowest BCUT2D eigenvalue weighted by atomic mass is 9.62. The van der Waals surface area contributed by atoms with Gasteiger partial charge in [0.1, 0.15) is 0 Å². The minimum Gasteiger partial charge on any atom is -0.325 e. The molecule has 1 heteroatoms. The molecule has 0 aromatic heterocycles. The zero-order valence-corrected chi connectivity index (χ0v) is 13.4. The SMILES string of the molecule is NC1(CCc2ccccc2)CCCCC1C1CCCCC1. The first-order chi connectivity index (χ1) is 10.3. The predicted molar refractivity (Wildman–Crippen MR) is 90.2 cm³/mol. The van der Waals surface area contributed by atoms with Gasteiger partial charge in [0, 0.05) is 5.54 Å². The minimum atomic E-state index is 0.107. The van der Waals surface area contributed by atoms with E-state index in [9.17, 15) is 0 Å². The fraction of sp³-hybridized carbons (Fsp3) is 0.700. The van der Waals surface area contributed by atoms with Gasteiger partial charge in [0.25, 0.3) is 0 Å². The van der Waals surface area contributed by atoms with Gasteiger partial charge in [-0.3, -0.25) is 0 Å². The number of aryl methyl sites for hydroxylation is 1. The largest absolute Gasteiger partial charge is 0.325 e. The van der Waals surface area contributed by atoms with Gasteiger partial charge in [-0.1, -0.05) is 75.3 Å². The molecule has 0 bridgehead atoms. The van der Waals surface area contributed by atoms with E-state index in [4.69, 9.17) is 5.73 Å². The standard InChI is InChI=1S/C20H31N/c21-20(16-14-17-9-3-1-4-10-17)15-8-7-13-19(20)18-11-5-2-6-12-18/h1,3-4,9-10,18-19H,2,5-8,11-16,21H2. The molecule has 2 saturated carbocycles. The molecule has 116 valence electrons. The molecule has 3 rings (SSSR count). The highest BCUT2D eigenvalue weighted by molar-refractivity contribution is 5.15. The third-order valence-corrected chi connectivity index (χ3v) is 6.09. The lowest BCUT2D eigenvalue weighted by Gasteiger charge is -2.46. The molecule has 1 aromatic rings. The monoisotopic (exact) mass is 285 g/mol. The van der Waals surface area contributed by atoms with Crippen molar-refractivity contribution in [3.05, 3.63) is 35.9 Å². The molecule has 2 aliphatic carbocycles. The molecule has 0 saturated heterocycles. The summed E-state index contributed by atoms with van der Waals surface area (Å²) in [6.07, 6.45) is 14.9. The van der Waals surface area contributed by atoms with Gasteiger partial charge in [-0.25, -0.2) is 0 Å². The third-order valence-electron chi connectivity index (χ3n) is 6.09. The van der Waals surface area contributed by atoms with Gasteiger partial charge < -0.3 is 5.73 Å². The molecule has 2 atom stereocenters. The molecular formula is C20H31N. The summed E-state index contributed by atoms with van der Waals surface area (Å²) >= 11 is 0. The van der Waals surface area contributed by atoms with Crippen molar-refractivity contribution in [2.24, 2.45) is 17.6 Å². The molecule has 21 heavy (non-hydrogen) atoms. The number of nitrogens with two attached hydrogens (primary N) is 1. The quantitative estimate of drug-likeness (QED) is 0.819. The normalized spacial score (nSPS) is 31.2. The van der Waals surface area contributed by atoms with Crippen LogP contribution in [0.3, 0.4) is 0 Å². The lowest BCUT2D eigenvalue weighted by Crippen LogP contribution is -2.52. The van der Waals surface area contributed by atoms with E-state index in [-0.39, 0.29) is 5.54 Å². The van der Waals surface area contributed by atoms with E-state index in [1.165, 1.54) is 69.8 Å². The molecule has 0 spiro atoms. The number of hydrogen-bond donors (Lipinski definition) is 1. The van der Waals surface area contributed by atoms with Gasteiger partial charge in [-0.05, 0) is 43.1 Å². The summed E-state index contributed by atoms with van der Waals surface area (Å²) in [6, 6.07) is 10.9.